The lowest BCUT2D eigenvalue weighted by Gasteiger charge is -2.13. The van der Waals surface area contributed by atoms with Crippen molar-refractivity contribution in [3.63, 3.8) is 0 Å². The van der Waals surface area contributed by atoms with E-state index in [0.29, 0.717) is 4.88 Å². The first-order valence-corrected chi connectivity index (χ1v) is 9.95. The fourth-order valence-corrected chi connectivity index (χ4v) is 3.90. The van der Waals surface area contributed by atoms with Gasteiger partial charge in [-0.05, 0) is 42.6 Å². The van der Waals surface area contributed by atoms with Gasteiger partial charge in [-0.1, -0.05) is 6.07 Å². The Morgan fingerprint density at radius 3 is 2.35 bits per heavy atom. The maximum Gasteiger partial charge on any atom is 0.279 e. The number of thiophene rings is 1. The molecule has 2 rings (SSSR count). The van der Waals surface area contributed by atoms with Crippen LogP contribution in [0.4, 0.5) is 0 Å². The highest BCUT2D eigenvalue weighted by atomic mass is 32.2. The van der Waals surface area contributed by atoms with Crippen LogP contribution >= 0.6 is 11.3 Å². The van der Waals surface area contributed by atoms with Crippen molar-refractivity contribution >= 4 is 33.2 Å². The van der Waals surface area contributed by atoms with E-state index in [1.807, 2.05) is 0 Å². The zero-order valence-electron chi connectivity index (χ0n) is 14.2. The summed E-state index contributed by atoms with van der Waals surface area (Å²) in [4.78, 5) is 24.3. The molecule has 2 amide bonds. The van der Waals surface area contributed by atoms with Crippen LogP contribution in [0.2, 0.25) is 0 Å². The van der Waals surface area contributed by atoms with Crippen LogP contribution in [0.25, 0.3) is 0 Å². The number of nitrogens with one attached hydrogen (secondary N) is 3. The average Bonchev–Trinajstić information content (AvgIpc) is 3.14. The van der Waals surface area contributed by atoms with Crippen LogP contribution in [-0.2, 0) is 14.8 Å². The molecule has 140 valence electrons. The molecule has 1 heterocycles. The van der Waals surface area contributed by atoms with Crippen molar-refractivity contribution in [1.82, 2.24) is 15.6 Å². The quantitative estimate of drug-likeness (QED) is 0.606. The third kappa shape index (κ3) is 5.36. The summed E-state index contributed by atoms with van der Waals surface area (Å²) in [5.74, 6) is -0.983. The Morgan fingerprint density at radius 1 is 1.12 bits per heavy atom. The van der Waals surface area contributed by atoms with Crippen molar-refractivity contribution in [2.24, 2.45) is 0 Å². The molecule has 0 aliphatic carbocycles. The minimum Gasteiger partial charge on any atom is -0.383 e. The van der Waals surface area contributed by atoms with Gasteiger partial charge in [-0.2, -0.15) is 0 Å². The van der Waals surface area contributed by atoms with E-state index in [4.69, 9.17) is 4.74 Å². The number of rotatable bonds is 7. The van der Waals surface area contributed by atoms with Crippen LogP contribution in [-0.4, -0.2) is 40.0 Å². The smallest absolute Gasteiger partial charge is 0.279 e. The molecule has 1 aromatic carbocycles. The molecular weight excluding hydrogens is 378 g/mol. The van der Waals surface area contributed by atoms with Crippen LogP contribution in [0.15, 0.2) is 46.7 Å². The van der Waals surface area contributed by atoms with Gasteiger partial charge in [-0.25, -0.2) is 13.1 Å². The highest BCUT2D eigenvalue weighted by Crippen LogP contribution is 2.11. The second kappa shape index (κ2) is 8.90. The minimum atomic E-state index is -3.71. The van der Waals surface area contributed by atoms with Crippen molar-refractivity contribution in [2.75, 3.05) is 13.7 Å². The number of hydrogen-bond acceptors (Lipinski definition) is 6. The number of amides is 2. The summed E-state index contributed by atoms with van der Waals surface area (Å²) < 4.78 is 31.8. The van der Waals surface area contributed by atoms with Crippen LogP contribution < -0.4 is 15.6 Å². The van der Waals surface area contributed by atoms with Gasteiger partial charge < -0.3 is 4.74 Å². The maximum absolute atomic E-state index is 12.2. The molecule has 0 spiro atoms. The summed E-state index contributed by atoms with van der Waals surface area (Å²) in [6.45, 7) is 1.92. The first-order chi connectivity index (χ1) is 12.3. The monoisotopic (exact) mass is 397 g/mol. The van der Waals surface area contributed by atoms with Crippen molar-refractivity contribution < 1.29 is 22.7 Å². The van der Waals surface area contributed by atoms with Crippen molar-refractivity contribution in [3.05, 3.63) is 52.2 Å². The molecular formula is C16H19N3O5S2. The predicted octanol–water partition coefficient (Wildman–Crippen LogP) is 1.14. The van der Waals surface area contributed by atoms with Crippen LogP contribution in [0.1, 0.15) is 27.0 Å². The minimum absolute atomic E-state index is 0.0274. The largest absolute Gasteiger partial charge is 0.383 e. The first kappa shape index (κ1) is 20.0. The Hall–Kier alpha value is -2.27. The number of carbonyl (C=O) groups excluding carboxylic acids is 2. The van der Waals surface area contributed by atoms with Gasteiger partial charge in [0.15, 0.2) is 0 Å². The number of ether oxygens (including phenoxy) is 1. The summed E-state index contributed by atoms with van der Waals surface area (Å²) in [6, 6.07) is 8.33. The lowest BCUT2D eigenvalue weighted by molar-refractivity contribution is 0.0849. The highest BCUT2D eigenvalue weighted by molar-refractivity contribution is 7.89. The second-order valence-corrected chi connectivity index (χ2v) is 8.05. The number of hydrazine groups is 1. The zero-order chi connectivity index (χ0) is 19.2. The second-order valence-electron chi connectivity index (χ2n) is 5.39. The van der Waals surface area contributed by atoms with Gasteiger partial charge in [0.25, 0.3) is 11.8 Å². The fraction of sp³-hybridized carbons (Fsp3) is 0.250. The molecule has 3 N–H and O–H groups in total. The van der Waals surface area contributed by atoms with E-state index >= 15 is 0 Å². The maximum atomic E-state index is 12.2. The molecule has 0 unspecified atom stereocenters. The highest BCUT2D eigenvalue weighted by Gasteiger charge is 2.18. The first-order valence-electron chi connectivity index (χ1n) is 7.59. The third-order valence-corrected chi connectivity index (χ3v) is 5.71. The number of carbonyl (C=O) groups is 2. The number of hydrogen-bond donors (Lipinski definition) is 3. The Labute approximate surface area is 155 Å². The standard InChI is InChI=1S/C16H19N3O5S2/c1-11(10-24-2)19-26(22,23)13-7-5-12(6-8-13)15(20)17-18-16(21)14-4-3-9-25-14/h3-9,11,19H,10H2,1-2H3,(H,17,20)(H,18,21)/t11-/m0/s1. The molecule has 1 aromatic heterocycles. The molecule has 0 fully saturated rings. The van der Waals surface area contributed by atoms with E-state index in [9.17, 15) is 18.0 Å². The van der Waals surface area contributed by atoms with E-state index < -0.39 is 21.8 Å². The molecule has 10 heteroatoms. The lowest BCUT2D eigenvalue weighted by Crippen LogP contribution is -2.41. The Balaban J connectivity index is 1.97. The molecule has 0 aliphatic heterocycles. The lowest BCUT2D eigenvalue weighted by atomic mass is 10.2. The molecule has 0 bridgehead atoms. The van der Waals surface area contributed by atoms with Crippen molar-refractivity contribution in [2.45, 2.75) is 17.9 Å². The van der Waals surface area contributed by atoms with Crippen molar-refractivity contribution in [3.8, 4) is 0 Å². The molecule has 0 radical (unpaired) electrons. The van der Waals surface area contributed by atoms with Gasteiger partial charge in [0, 0.05) is 18.7 Å². The van der Waals surface area contributed by atoms with Crippen LogP contribution in [0, 0.1) is 0 Å². The van der Waals surface area contributed by atoms with E-state index in [2.05, 4.69) is 15.6 Å². The van der Waals surface area contributed by atoms with Crippen molar-refractivity contribution in [1.29, 1.82) is 0 Å². The summed E-state index contributed by atoms with van der Waals surface area (Å²) in [5.41, 5.74) is 4.79. The van der Waals surface area contributed by atoms with E-state index in [0.717, 1.165) is 0 Å². The SMILES string of the molecule is COC[C@H](C)NS(=O)(=O)c1ccc(C(=O)NNC(=O)c2cccs2)cc1. The van der Waals surface area contributed by atoms with Crippen LogP contribution in [0.5, 0.6) is 0 Å². The van der Waals surface area contributed by atoms with Crippen LogP contribution in [0.3, 0.4) is 0 Å². The topological polar surface area (TPSA) is 114 Å². The van der Waals surface area contributed by atoms with Gasteiger partial charge >= 0.3 is 0 Å². The third-order valence-electron chi connectivity index (χ3n) is 3.23. The van der Waals surface area contributed by atoms with Gasteiger partial charge in [-0.3, -0.25) is 20.4 Å². The summed E-state index contributed by atoms with van der Waals surface area (Å²) in [6.07, 6.45) is 0. The number of benzene rings is 1. The number of methoxy groups -OCH3 is 1. The van der Waals surface area contributed by atoms with Gasteiger partial charge in [0.1, 0.15) is 0 Å². The summed E-state index contributed by atoms with van der Waals surface area (Å²) in [7, 11) is -2.23. The predicted molar refractivity (Wildman–Crippen MR) is 97.4 cm³/mol. The molecule has 0 aliphatic rings. The Kier molecular flexibility index (Phi) is 6.86. The summed E-state index contributed by atoms with van der Waals surface area (Å²) in [5, 5.41) is 1.75. The molecule has 0 saturated carbocycles. The Bertz CT molecular complexity index is 849. The molecule has 2 aromatic rings. The average molecular weight is 397 g/mol. The molecule has 26 heavy (non-hydrogen) atoms. The van der Waals surface area contributed by atoms with Gasteiger partial charge in [0.2, 0.25) is 10.0 Å². The van der Waals surface area contributed by atoms with E-state index in [-0.39, 0.29) is 23.1 Å². The summed E-state index contributed by atoms with van der Waals surface area (Å²) >= 11 is 1.25. The fourth-order valence-electron chi connectivity index (χ4n) is 2.06. The van der Waals surface area contributed by atoms with E-state index in [1.165, 1.54) is 42.7 Å². The van der Waals surface area contributed by atoms with Gasteiger partial charge in [0.05, 0.1) is 16.4 Å². The normalized spacial score (nSPS) is 12.4. The zero-order valence-corrected chi connectivity index (χ0v) is 15.8. The molecule has 1 atom stereocenters. The van der Waals surface area contributed by atoms with E-state index in [1.54, 1.807) is 24.4 Å². The Morgan fingerprint density at radius 2 is 1.77 bits per heavy atom. The molecule has 0 saturated heterocycles. The van der Waals surface area contributed by atoms with Gasteiger partial charge in [-0.15, -0.1) is 11.3 Å². The molecule has 8 nitrogen and oxygen atoms in total. The number of sulfonamides is 1.